The smallest absolute Gasteiger partial charge is 0.251 e. The molecule has 0 spiro atoms. The van der Waals surface area contributed by atoms with Crippen molar-refractivity contribution >= 4 is 26.7 Å². The number of rotatable bonds is 7. The van der Waals surface area contributed by atoms with Crippen LogP contribution in [0, 0.1) is 6.92 Å². The fourth-order valence-electron chi connectivity index (χ4n) is 3.83. The van der Waals surface area contributed by atoms with Gasteiger partial charge in [0.15, 0.2) is 0 Å². The Bertz CT molecular complexity index is 1200. The second-order valence-electron chi connectivity index (χ2n) is 7.67. The number of amides is 1. The average Bonchev–Trinajstić information content (AvgIpc) is 3.33. The molecule has 1 amide bonds. The molecule has 1 saturated heterocycles. The summed E-state index contributed by atoms with van der Waals surface area (Å²) in [6, 6.07) is 18.6. The molecule has 0 saturated carbocycles. The molecule has 0 unspecified atom stereocenters. The molecule has 1 fully saturated rings. The number of ether oxygens (including phenoxy) is 1. The quantitative estimate of drug-likeness (QED) is 0.570. The van der Waals surface area contributed by atoms with Gasteiger partial charge in [-0.2, -0.15) is 4.31 Å². The normalized spacial score (nSPS) is 14.6. The molecule has 0 aliphatic carbocycles. The number of hydrogen-bond donors (Lipinski definition) is 1. The highest BCUT2D eigenvalue weighted by Gasteiger charge is 2.28. The minimum atomic E-state index is -3.56. The third-order valence-corrected chi connectivity index (χ3v) is 7.45. The van der Waals surface area contributed by atoms with Crippen LogP contribution in [-0.2, 0) is 10.0 Å². The fourth-order valence-corrected chi connectivity index (χ4v) is 5.37. The van der Waals surface area contributed by atoms with Crippen molar-refractivity contribution in [1.29, 1.82) is 0 Å². The van der Waals surface area contributed by atoms with Gasteiger partial charge >= 0.3 is 0 Å². The van der Waals surface area contributed by atoms with E-state index in [1.165, 1.54) is 10.4 Å². The van der Waals surface area contributed by atoms with Gasteiger partial charge in [-0.05, 0) is 48.9 Å². The molecular weight excluding hydrogens is 412 g/mol. The van der Waals surface area contributed by atoms with Crippen LogP contribution in [0.5, 0.6) is 5.75 Å². The molecule has 1 N–H and O–H groups in total. The maximum atomic E-state index is 12.8. The Kier molecular flexibility index (Phi) is 6.25. The summed E-state index contributed by atoms with van der Waals surface area (Å²) in [6.45, 7) is 3.48. The summed E-state index contributed by atoms with van der Waals surface area (Å²) in [5.74, 6) is 0.458. The molecule has 3 aromatic rings. The van der Waals surface area contributed by atoms with E-state index in [1.807, 2.05) is 42.5 Å². The van der Waals surface area contributed by atoms with Crippen LogP contribution in [-0.4, -0.2) is 44.9 Å². The van der Waals surface area contributed by atoms with Crippen LogP contribution in [0.15, 0.2) is 65.6 Å². The van der Waals surface area contributed by atoms with E-state index in [-0.39, 0.29) is 10.8 Å². The number of fused-ring (bicyclic) bond motifs is 1. The largest absolute Gasteiger partial charge is 0.491 e. The van der Waals surface area contributed by atoms with E-state index >= 15 is 0 Å². The van der Waals surface area contributed by atoms with Gasteiger partial charge in [-0.3, -0.25) is 4.79 Å². The lowest BCUT2D eigenvalue weighted by atomic mass is 10.1. The van der Waals surface area contributed by atoms with Gasteiger partial charge in [0, 0.05) is 24.0 Å². The van der Waals surface area contributed by atoms with Gasteiger partial charge in [0.2, 0.25) is 10.0 Å². The van der Waals surface area contributed by atoms with Crippen LogP contribution in [0.25, 0.3) is 10.8 Å². The van der Waals surface area contributed by atoms with E-state index < -0.39 is 10.0 Å². The number of carbonyl (C=O) groups excluding carboxylic acids is 1. The van der Waals surface area contributed by atoms with Crippen molar-refractivity contribution in [1.82, 2.24) is 9.62 Å². The summed E-state index contributed by atoms with van der Waals surface area (Å²) in [7, 11) is -3.56. The first kappa shape index (κ1) is 21.3. The summed E-state index contributed by atoms with van der Waals surface area (Å²) >= 11 is 0. The summed E-state index contributed by atoms with van der Waals surface area (Å²) in [6.07, 6.45) is 1.74. The highest BCUT2D eigenvalue weighted by Crippen LogP contribution is 2.25. The molecule has 1 aliphatic rings. The molecule has 0 bridgehead atoms. The molecule has 1 heterocycles. The Balaban J connectivity index is 1.40. The van der Waals surface area contributed by atoms with Crippen LogP contribution < -0.4 is 10.1 Å². The van der Waals surface area contributed by atoms with Gasteiger partial charge in [-0.1, -0.05) is 42.5 Å². The summed E-state index contributed by atoms with van der Waals surface area (Å²) in [5, 5.41) is 4.95. The van der Waals surface area contributed by atoms with E-state index in [2.05, 4.69) is 5.32 Å². The number of carbonyl (C=O) groups is 1. The van der Waals surface area contributed by atoms with E-state index in [4.69, 9.17) is 4.74 Å². The summed E-state index contributed by atoms with van der Waals surface area (Å²) in [4.78, 5) is 12.9. The maximum absolute atomic E-state index is 12.8. The minimum Gasteiger partial charge on any atom is -0.491 e. The van der Waals surface area contributed by atoms with E-state index in [0.717, 1.165) is 34.9 Å². The van der Waals surface area contributed by atoms with E-state index in [9.17, 15) is 13.2 Å². The van der Waals surface area contributed by atoms with Crippen LogP contribution >= 0.6 is 0 Å². The van der Waals surface area contributed by atoms with E-state index in [0.29, 0.717) is 31.8 Å². The number of hydrogen-bond acceptors (Lipinski definition) is 4. The lowest BCUT2D eigenvalue weighted by Crippen LogP contribution is -2.30. The van der Waals surface area contributed by atoms with Gasteiger partial charge in [-0.25, -0.2) is 8.42 Å². The van der Waals surface area contributed by atoms with Gasteiger partial charge in [0.1, 0.15) is 12.4 Å². The van der Waals surface area contributed by atoms with Crippen molar-refractivity contribution in [2.24, 2.45) is 0 Å². The molecule has 31 heavy (non-hydrogen) atoms. The third kappa shape index (κ3) is 4.57. The van der Waals surface area contributed by atoms with Crippen LogP contribution in [0.1, 0.15) is 28.8 Å². The number of aryl methyl sites for hydroxylation is 1. The molecule has 1 aliphatic heterocycles. The van der Waals surface area contributed by atoms with Crippen LogP contribution in [0.3, 0.4) is 0 Å². The highest BCUT2D eigenvalue weighted by molar-refractivity contribution is 7.89. The van der Waals surface area contributed by atoms with Gasteiger partial charge < -0.3 is 10.1 Å². The minimum absolute atomic E-state index is 0.164. The molecule has 3 aromatic carbocycles. The van der Waals surface area contributed by atoms with Crippen molar-refractivity contribution in [3.8, 4) is 5.75 Å². The lowest BCUT2D eigenvalue weighted by molar-refractivity contribution is 0.0946. The van der Waals surface area contributed by atoms with Crippen molar-refractivity contribution in [3.63, 3.8) is 0 Å². The number of benzene rings is 3. The lowest BCUT2D eigenvalue weighted by Gasteiger charge is -2.17. The van der Waals surface area contributed by atoms with Crippen molar-refractivity contribution in [2.45, 2.75) is 24.7 Å². The van der Waals surface area contributed by atoms with Gasteiger partial charge in [0.05, 0.1) is 11.4 Å². The molecule has 0 atom stereocenters. The first-order valence-corrected chi connectivity index (χ1v) is 11.9. The summed E-state index contributed by atoms with van der Waals surface area (Å²) in [5.41, 5.74) is 1.10. The highest BCUT2D eigenvalue weighted by atomic mass is 32.2. The SMILES string of the molecule is Cc1ccc(S(=O)(=O)N2CCCC2)cc1C(=O)NCCOc1cccc2ccccc12. The maximum Gasteiger partial charge on any atom is 0.251 e. The number of sulfonamides is 1. The van der Waals surface area contributed by atoms with Crippen molar-refractivity contribution in [2.75, 3.05) is 26.2 Å². The Labute approximate surface area is 182 Å². The molecule has 0 aromatic heterocycles. The zero-order valence-electron chi connectivity index (χ0n) is 17.5. The monoisotopic (exact) mass is 438 g/mol. The molecular formula is C24H26N2O4S. The molecule has 0 radical (unpaired) electrons. The first-order chi connectivity index (χ1) is 15.0. The van der Waals surface area contributed by atoms with Gasteiger partial charge in [-0.15, -0.1) is 0 Å². The number of nitrogens with one attached hydrogen (secondary N) is 1. The molecule has 4 rings (SSSR count). The fraction of sp³-hybridized carbons (Fsp3) is 0.292. The second kappa shape index (κ2) is 9.08. The Hall–Kier alpha value is -2.90. The second-order valence-corrected chi connectivity index (χ2v) is 9.61. The predicted molar refractivity (Wildman–Crippen MR) is 121 cm³/mol. The third-order valence-electron chi connectivity index (χ3n) is 5.55. The zero-order valence-corrected chi connectivity index (χ0v) is 18.3. The average molecular weight is 439 g/mol. The Morgan fingerprint density at radius 1 is 1.03 bits per heavy atom. The first-order valence-electron chi connectivity index (χ1n) is 10.5. The Morgan fingerprint density at radius 3 is 2.58 bits per heavy atom. The van der Waals surface area contributed by atoms with Gasteiger partial charge in [0.25, 0.3) is 5.91 Å². The standard InChI is InChI=1S/C24H26N2O4S/c1-18-11-12-20(31(28,29)26-14-4-5-15-26)17-22(18)24(27)25-13-16-30-23-10-6-8-19-7-2-3-9-21(19)23/h2-3,6-12,17H,4-5,13-16H2,1H3,(H,25,27). The molecule has 6 nitrogen and oxygen atoms in total. The van der Waals surface area contributed by atoms with E-state index in [1.54, 1.807) is 19.1 Å². The topological polar surface area (TPSA) is 75.7 Å². The zero-order chi connectivity index (χ0) is 21.8. The van der Waals surface area contributed by atoms with Crippen LogP contribution in [0.2, 0.25) is 0 Å². The van der Waals surface area contributed by atoms with Crippen molar-refractivity contribution in [3.05, 3.63) is 71.8 Å². The summed E-state index contributed by atoms with van der Waals surface area (Å²) < 4.78 is 33.0. The predicted octanol–water partition coefficient (Wildman–Crippen LogP) is 3.74. The van der Waals surface area contributed by atoms with Crippen molar-refractivity contribution < 1.29 is 17.9 Å². The Morgan fingerprint density at radius 2 is 1.77 bits per heavy atom. The van der Waals surface area contributed by atoms with Crippen LogP contribution in [0.4, 0.5) is 0 Å². The number of nitrogens with zero attached hydrogens (tertiary/aromatic N) is 1. The molecule has 162 valence electrons. The molecule has 7 heteroatoms.